The van der Waals surface area contributed by atoms with E-state index in [1.165, 1.54) is 6.08 Å². The van der Waals surface area contributed by atoms with Crippen molar-refractivity contribution >= 4 is 44.7 Å². The van der Waals surface area contributed by atoms with Gasteiger partial charge in [0, 0.05) is 6.08 Å². The number of nitrogens with one attached hydrogen (secondary N) is 2. The zero-order valence-electron chi connectivity index (χ0n) is 11.2. The molecule has 0 saturated carbocycles. The largest absolute Gasteiger partial charge is 0.321 e. The number of hydrogen-bond acceptors (Lipinski definition) is 4. The first-order valence-electron chi connectivity index (χ1n) is 6.02. The number of benzene rings is 1. The van der Waals surface area contributed by atoms with E-state index < -0.39 is 10.0 Å². The minimum atomic E-state index is -3.40. The fourth-order valence-electron chi connectivity index (χ4n) is 1.60. The first kappa shape index (κ1) is 15.3. The van der Waals surface area contributed by atoms with Gasteiger partial charge in [-0.15, -0.1) is 0 Å². The second kappa shape index (κ2) is 6.55. The highest BCUT2D eigenvalue weighted by Gasteiger charge is 2.08. The Morgan fingerprint density at radius 2 is 1.90 bits per heavy atom. The summed E-state index contributed by atoms with van der Waals surface area (Å²) < 4.78 is 24.9. The second-order valence-corrected chi connectivity index (χ2v) is 6.83. The van der Waals surface area contributed by atoms with Crippen LogP contribution >= 0.6 is 11.3 Å². The molecule has 1 aromatic carbocycles. The number of rotatable bonds is 5. The maximum absolute atomic E-state index is 11.9. The minimum Gasteiger partial charge on any atom is -0.321 e. The Kier molecular flexibility index (Phi) is 4.77. The Labute approximate surface area is 127 Å². The summed E-state index contributed by atoms with van der Waals surface area (Å²) in [7, 11) is -3.40. The summed E-state index contributed by atoms with van der Waals surface area (Å²) in [5.74, 6) is -0.330. The molecule has 0 radical (unpaired) electrons. The quantitative estimate of drug-likeness (QED) is 0.831. The fraction of sp³-hybridized carbons (Fsp3) is 0.0714. The predicted octanol–water partition coefficient (Wildman–Crippen LogP) is 2.77. The van der Waals surface area contributed by atoms with Crippen LogP contribution in [0.15, 0.2) is 47.2 Å². The third kappa shape index (κ3) is 5.05. The third-order valence-corrected chi connectivity index (χ3v) is 3.74. The number of sulfonamides is 1. The van der Waals surface area contributed by atoms with Crippen LogP contribution in [0.5, 0.6) is 0 Å². The van der Waals surface area contributed by atoms with Gasteiger partial charge in [-0.3, -0.25) is 9.52 Å². The molecule has 5 nitrogen and oxygen atoms in total. The van der Waals surface area contributed by atoms with Crippen LogP contribution in [0.2, 0.25) is 0 Å². The lowest BCUT2D eigenvalue weighted by molar-refractivity contribution is -0.111. The lowest BCUT2D eigenvalue weighted by Crippen LogP contribution is -2.14. The smallest absolute Gasteiger partial charge is 0.248 e. The van der Waals surface area contributed by atoms with E-state index in [1.807, 2.05) is 16.8 Å². The third-order valence-electron chi connectivity index (χ3n) is 2.45. The molecule has 21 heavy (non-hydrogen) atoms. The van der Waals surface area contributed by atoms with Crippen LogP contribution in [0.1, 0.15) is 5.56 Å². The van der Waals surface area contributed by atoms with Gasteiger partial charge in [0.15, 0.2) is 0 Å². The van der Waals surface area contributed by atoms with Crippen LogP contribution in [0, 0.1) is 0 Å². The van der Waals surface area contributed by atoms with Crippen molar-refractivity contribution in [3.05, 3.63) is 52.7 Å². The molecule has 7 heteroatoms. The van der Waals surface area contributed by atoms with E-state index in [0.29, 0.717) is 11.4 Å². The monoisotopic (exact) mass is 322 g/mol. The van der Waals surface area contributed by atoms with Crippen molar-refractivity contribution in [2.45, 2.75) is 0 Å². The van der Waals surface area contributed by atoms with Crippen molar-refractivity contribution < 1.29 is 13.2 Å². The van der Waals surface area contributed by atoms with Gasteiger partial charge in [-0.25, -0.2) is 8.42 Å². The average Bonchev–Trinajstić information content (AvgIpc) is 2.90. The molecule has 0 fully saturated rings. The van der Waals surface area contributed by atoms with E-state index in [2.05, 4.69) is 10.0 Å². The topological polar surface area (TPSA) is 75.3 Å². The van der Waals surface area contributed by atoms with E-state index in [-0.39, 0.29) is 5.91 Å². The number of carbonyl (C=O) groups is 1. The molecule has 2 N–H and O–H groups in total. The lowest BCUT2D eigenvalue weighted by atomic mass is 10.2. The maximum atomic E-state index is 11.9. The molecule has 2 rings (SSSR count). The highest BCUT2D eigenvalue weighted by molar-refractivity contribution is 7.92. The molecule has 1 amide bonds. The van der Waals surface area contributed by atoms with E-state index in [9.17, 15) is 13.2 Å². The molecule has 110 valence electrons. The fourth-order valence-corrected chi connectivity index (χ4v) is 2.80. The summed E-state index contributed by atoms with van der Waals surface area (Å²) in [6.45, 7) is 0. The summed E-state index contributed by atoms with van der Waals surface area (Å²) in [6, 6.07) is 8.51. The van der Waals surface area contributed by atoms with Crippen LogP contribution in [-0.4, -0.2) is 20.6 Å². The van der Waals surface area contributed by atoms with Gasteiger partial charge < -0.3 is 5.32 Å². The highest BCUT2D eigenvalue weighted by Crippen LogP contribution is 2.22. The van der Waals surface area contributed by atoms with E-state index in [4.69, 9.17) is 0 Å². The molecular formula is C14H14N2O3S2. The highest BCUT2D eigenvalue weighted by atomic mass is 32.2. The number of para-hydroxylation sites is 2. The zero-order chi connectivity index (χ0) is 15.3. The standard InChI is InChI=1S/C14H14N2O3S2/c1-21(18,19)16-13-5-3-2-4-12(13)15-14(17)7-6-11-8-9-20-10-11/h2-10,16H,1H3,(H,15,17). The van der Waals surface area contributed by atoms with E-state index in [0.717, 1.165) is 11.8 Å². The average molecular weight is 322 g/mol. The van der Waals surface area contributed by atoms with Crippen LogP contribution in [-0.2, 0) is 14.8 Å². The van der Waals surface area contributed by atoms with Gasteiger partial charge in [0.2, 0.25) is 15.9 Å². The Hall–Kier alpha value is -2.12. The number of thiophene rings is 1. The molecule has 0 saturated heterocycles. The number of hydrogen-bond donors (Lipinski definition) is 2. The van der Waals surface area contributed by atoms with Gasteiger partial charge in [-0.1, -0.05) is 12.1 Å². The van der Waals surface area contributed by atoms with Crippen molar-refractivity contribution in [3.8, 4) is 0 Å². The summed E-state index contributed by atoms with van der Waals surface area (Å²) in [6.07, 6.45) is 4.15. The Morgan fingerprint density at radius 1 is 1.19 bits per heavy atom. The molecule has 0 bridgehead atoms. The minimum absolute atomic E-state index is 0.330. The SMILES string of the molecule is CS(=O)(=O)Nc1ccccc1NC(=O)C=Cc1ccsc1. The van der Waals surface area contributed by atoms with Gasteiger partial charge in [-0.05, 0) is 40.6 Å². The summed E-state index contributed by atoms with van der Waals surface area (Å²) in [5, 5.41) is 6.49. The summed E-state index contributed by atoms with van der Waals surface area (Å²) in [5.41, 5.74) is 1.68. The number of anilines is 2. The van der Waals surface area contributed by atoms with Crippen molar-refractivity contribution in [1.29, 1.82) is 0 Å². The van der Waals surface area contributed by atoms with Crippen LogP contribution < -0.4 is 10.0 Å². The van der Waals surface area contributed by atoms with Gasteiger partial charge in [0.05, 0.1) is 17.6 Å². The second-order valence-electron chi connectivity index (χ2n) is 4.30. The molecule has 0 aliphatic heterocycles. The number of carbonyl (C=O) groups excluding carboxylic acids is 1. The van der Waals surface area contributed by atoms with Crippen molar-refractivity contribution in [1.82, 2.24) is 0 Å². The van der Waals surface area contributed by atoms with Crippen molar-refractivity contribution in [3.63, 3.8) is 0 Å². The summed E-state index contributed by atoms with van der Waals surface area (Å²) in [4.78, 5) is 11.9. The van der Waals surface area contributed by atoms with Crippen LogP contribution in [0.4, 0.5) is 11.4 Å². The Bertz CT molecular complexity index is 750. The Balaban J connectivity index is 2.10. The molecule has 0 atom stereocenters. The zero-order valence-corrected chi connectivity index (χ0v) is 12.9. The molecule has 1 heterocycles. The summed E-state index contributed by atoms with van der Waals surface area (Å²) >= 11 is 1.54. The van der Waals surface area contributed by atoms with Gasteiger partial charge >= 0.3 is 0 Å². The lowest BCUT2D eigenvalue weighted by Gasteiger charge is -2.10. The molecular weight excluding hydrogens is 308 g/mol. The molecule has 0 spiro atoms. The van der Waals surface area contributed by atoms with Crippen LogP contribution in [0.3, 0.4) is 0 Å². The van der Waals surface area contributed by atoms with Crippen molar-refractivity contribution in [2.24, 2.45) is 0 Å². The molecule has 1 aromatic heterocycles. The first-order chi connectivity index (χ1) is 9.94. The molecule has 0 aliphatic rings. The van der Waals surface area contributed by atoms with Gasteiger partial charge in [-0.2, -0.15) is 11.3 Å². The predicted molar refractivity (Wildman–Crippen MR) is 86.9 cm³/mol. The maximum Gasteiger partial charge on any atom is 0.248 e. The van der Waals surface area contributed by atoms with Gasteiger partial charge in [0.1, 0.15) is 0 Å². The molecule has 0 unspecified atom stereocenters. The van der Waals surface area contributed by atoms with E-state index in [1.54, 1.807) is 41.7 Å². The van der Waals surface area contributed by atoms with Crippen LogP contribution in [0.25, 0.3) is 6.08 Å². The molecule has 2 aromatic rings. The Morgan fingerprint density at radius 3 is 2.52 bits per heavy atom. The normalized spacial score (nSPS) is 11.5. The van der Waals surface area contributed by atoms with Crippen molar-refractivity contribution in [2.75, 3.05) is 16.3 Å². The first-order valence-corrected chi connectivity index (χ1v) is 8.85. The van der Waals surface area contributed by atoms with Gasteiger partial charge in [0.25, 0.3) is 0 Å². The number of amides is 1. The van der Waals surface area contributed by atoms with E-state index >= 15 is 0 Å². The molecule has 0 aliphatic carbocycles.